The molecule has 0 saturated carbocycles. The number of nitrogens with one attached hydrogen (secondary N) is 1. The minimum atomic E-state index is -4.86. The van der Waals surface area contributed by atoms with Crippen molar-refractivity contribution >= 4 is 34.4 Å². The number of anilines is 1. The second kappa shape index (κ2) is 8.58. The Morgan fingerprint density at radius 1 is 1.23 bits per heavy atom. The summed E-state index contributed by atoms with van der Waals surface area (Å²) in [6, 6.07) is 10.6. The summed E-state index contributed by atoms with van der Waals surface area (Å²) in [5, 5.41) is 3.80. The first kappa shape index (κ1) is 21.2. The van der Waals surface area contributed by atoms with E-state index in [0.717, 1.165) is 12.5 Å². The molecule has 2 aromatic carbocycles. The Bertz CT molecular complexity index is 1110. The zero-order valence-corrected chi connectivity index (χ0v) is 17.0. The summed E-state index contributed by atoms with van der Waals surface area (Å²) >= 11 is 5.95. The van der Waals surface area contributed by atoms with Crippen LogP contribution >= 0.6 is 11.6 Å². The van der Waals surface area contributed by atoms with Gasteiger partial charge in [0, 0.05) is 24.7 Å². The highest BCUT2D eigenvalue weighted by Crippen LogP contribution is 2.29. The van der Waals surface area contributed by atoms with E-state index in [9.17, 15) is 18.0 Å². The molecule has 1 aliphatic heterocycles. The number of halogens is 4. The van der Waals surface area contributed by atoms with Gasteiger partial charge in [-0.15, -0.1) is 13.2 Å². The van der Waals surface area contributed by atoms with Crippen molar-refractivity contribution in [2.45, 2.75) is 12.8 Å². The number of ether oxygens (including phenoxy) is 1. The number of benzene rings is 2. The molecule has 1 aliphatic rings. The molecule has 0 bridgehead atoms. The molecule has 1 N–H and O–H groups in total. The number of hydrogen-bond acceptors (Lipinski definition) is 5. The lowest BCUT2D eigenvalue weighted by atomic mass is 10.1. The number of rotatable bonds is 5. The largest absolute Gasteiger partial charge is 0.573 e. The molecule has 1 aromatic heterocycles. The van der Waals surface area contributed by atoms with Crippen LogP contribution in [0.5, 0.6) is 5.75 Å². The Balaban J connectivity index is 1.38. The molecule has 0 unspecified atom stereocenters. The van der Waals surface area contributed by atoms with Gasteiger partial charge < -0.3 is 15.0 Å². The fourth-order valence-electron chi connectivity index (χ4n) is 3.53. The molecule has 6 nitrogen and oxygen atoms in total. The minimum absolute atomic E-state index is 0.104. The fourth-order valence-corrected chi connectivity index (χ4v) is 3.70. The Morgan fingerprint density at radius 3 is 2.84 bits per heavy atom. The van der Waals surface area contributed by atoms with Crippen LogP contribution in [0.3, 0.4) is 0 Å². The van der Waals surface area contributed by atoms with E-state index in [4.69, 9.17) is 11.6 Å². The minimum Gasteiger partial charge on any atom is -0.405 e. The number of alkyl halides is 3. The molecule has 10 heteroatoms. The highest BCUT2D eigenvalue weighted by molar-refractivity contribution is 6.31. The first-order valence-corrected chi connectivity index (χ1v) is 9.96. The summed E-state index contributed by atoms with van der Waals surface area (Å²) in [5.41, 5.74) is 1.29. The van der Waals surface area contributed by atoms with E-state index >= 15 is 0 Å². The van der Waals surface area contributed by atoms with Gasteiger partial charge in [-0.1, -0.05) is 23.7 Å². The quantitative estimate of drug-likeness (QED) is 0.607. The van der Waals surface area contributed by atoms with Crippen molar-refractivity contribution in [2.75, 3.05) is 25.0 Å². The van der Waals surface area contributed by atoms with E-state index in [0.29, 0.717) is 41.5 Å². The van der Waals surface area contributed by atoms with Crippen molar-refractivity contribution in [1.29, 1.82) is 0 Å². The van der Waals surface area contributed by atoms with Gasteiger partial charge in [-0.25, -0.2) is 4.98 Å². The van der Waals surface area contributed by atoms with Crippen LogP contribution < -0.4 is 10.1 Å². The molecule has 31 heavy (non-hydrogen) atoms. The van der Waals surface area contributed by atoms with Gasteiger partial charge in [-0.2, -0.15) is 0 Å². The average Bonchev–Trinajstić information content (AvgIpc) is 3.20. The third kappa shape index (κ3) is 5.16. The summed E-state index contributed by atoms with van der Waals surface area (Å²) < 4.78 is 41.9. The second-order valence-corrected chi connectivity index (χ2v) is 7.66. The van der Waals surface area contributed by atoms with E-state index in [-0.39, 0.29) is 11.5 Å². The molecule has 3 aromatic rings. The molecule has 162 valence electrons. The number of aromatic nitrogens is 2. The normalized spacial score (nSPS) is 16.5. The van der Waals surface area contributed by atoms with Crippen LogP contribution in [0.25, 0.3) is 11.0 Å². The maximum Gasteiger partial charge on any atom is 0.573 e. The molecule has 1 saturated heterocycles. The lowest BCUT2D eigenvalue weighted by Gasteiger charge is -2.19. The van der Waals surface area contributed by atoms with Gasteiger partial charge in [0.15, 0.2) is 0 Å². The monoisotopic (exact) mass is 450 g/mol. The Morgan fingerprint density at radius 2 is 2.03 bits per heavy atom. The van der Waals surface area contributed by atoms with Gasteiger partial charge in [-0.3, -0.25) is 9.78 Å². The molecule has 4 rings (SSSR count). The van der Waals surface area contributed by atoms with Gasteiger partial charge in [0.25, 0.3) is 5.91 Å². The lowest BCUT2D eigenvalue weighted by Crippen LogP contribution is -2.30. The van der Waals surface area contributed by atoms with E-state index in [1.165, 1.54) is 18.2 Å². The van der Waals surface area contributed by atoms with Crippen molar-refractivity contribution in [3.8, 4) is 5.75 Å². The molecular weight excluding hydrogens is 433 g/mol. The summed E-state index contributed by atoms with van der Waals surface area (Å²) in [7, 11) is 0. The van der Waals surface area contributed by atoms with Crippen LogP contribution in [0, 0.1) is 5.92 Å². The van der Waals surface area contributed by atoms with Gasteiger partial charge in [0.05, 0.1) is 22.8 Å². The van der Waals surface area contributed by atoms with Crippen LogP contribution in [0.1, 0.15) is 16.8 Å². The predicted octanol–water partition coefficient (Wildman–Crippen LogP) is 4.76. The molecule has 2 heterocycles. The van der Waals surface area contributed by atoms with Crippen molar-refractivity contribution in [2.24, 2.45) is 5.92 Å². The standard InChI is InChI=1S/C21H18ClF3N4O2/c22-14-5-6-16-17(9-14)26-11-19(28-16)27-10-13-7-8-29(12-13)20(30)15-3-1-2-4-18(15)31-21(23,24)25/h1-6,9,11,13H,7-8,10,12H2,(H,27,28)/t13-/m1/s1. The van der Waals surface area contributed by atoms with Crippen molar-refractivity contribution < 1.29 is 22.7 Å². The summed E-state index contributed by atoms with van der Waals surface area (Å²) in [4.78, 5) is 23.1. The maximum atomic E-state index is 12.8. The number of carbonyl (C=O) groups excluding carboxylic acids is 1. The molecule has 1 atom stereocenters. The predicted molar refractivity (Wildman–Crippen MR) is 110 cm³/mol. The second-order valence-electron chi connectivity index (χ2n) is 7.22. The van der Waals surface area contributed by atoms with Gasteiger partial charge in [0.2, 0.25) is 0 Å². The summed E-state index contributed by atoms with van der Waals surface area (Å²) in [6.45, 7) is 1.43. The van der Waals surface area contributed by atoms with Crippen LogP contribution in [-0.4, -0.2) is 46.8 Å². The van der Waals surface area contributed by atoms with Crippen molar-refractivity contribution in [3.63, 3.8) is 0 Å². The zero-order valence-electron chi connectivity index (χ0n) is 16.2. The van der Waals surface area contributed by atoms with Crippen LogP contribution in [-0.2, 0) is 0 Å². The highest BCUT2D eigenvalue weighted by atomic mass is 35.5. The third-order valence-corrected chi connectivity index (χ3v) is 5.23. The molecule has 1 amide bonds. The number of para-hydroxylation sites is 1. The number of carbonyl (C=O) groups is 1. The molecular formula is C21H18ClF3N4O2. The number of fused-ring (bicyclic) bond motifs is 1. The molecule has 0 aliphatic carbocycles. The van der Waals surface area contributed by atoms with Crippen LogP contribution in [0.15, 0.2) is 48.7 Å². The number of likely N-dealkylation sites (tertiary alicyclic amines) is 1. The first-order valence-electron chi connectivity index (χ1n) is 9.59. The SMILES string of the molecule is O=C(c1ccccc1OC(F)(F)F)N1CC[C@H](CNc2cnc3cc(Cl)ccc3n2)C1. The lowest BCUT2D eigenvalue weighted by molar-refractivity contribution is -0.274. The first-order chi connectivity index (χ1) is 14.8. The van der Waals surface area contributed by atoms with Crippen molar-refractivity contribution in [1.82, 2.24) is 14.9 Å². The van der Waals surface area contributed by atoms with Gasteiger partial charge in [-0.05, 0) is 42.7 Å². The van der Waals surface area contributed by atoms with E-state index in [1.807, 2.05) is 0 Å². The topological polar surface area (TPSA) is 67.3 Å². The smallest absolute Gasteiger partial charge is 0.405 e. The van der Waals surface area contributed by atoms with Gasteiger partial charge >= 0.3 is 6.36 Å². The Labute approximate surface area is 181 Å². The molecule has 0 spiro atoms. The van der Waals surface area contributed by atoms with Crippen LogP contribution in [0.4, 0.5) is 19.0 Å². The highest BCUT2D eigenvalue weighted by Gasteiger charge is 2.34. The summed E-state index contributed by atoms with van der Waals surface area (Å²) in [6.07, 6.45) is -2.53. The van der Waals surface area contributed by atoms with Gasteiger partial charge in [0.1, 0.15) is 11.6 Å². The number of nitrogens with zero attached hydrogens (tertiary/aromatic N) is 3. The number of hydrogen-bond donors (Lipinski definition) is 1. The maximum absolute atomic E-state index is 12.8. The molecule has 0 radical (unpaired) electrons. The van der Waals surface area contributed by atoms with E-state index in [2.05, 4.69) is 20.0 Å². The van der Waals surface area contributed by atoms with E-state index < -0.39 is 18.0 Å². The Hall–Kier alpha value is -3.07. The van der Waals surface area contributed by atoms with E-state index in [1.54, 1.807) is 29.3 Å². The third-order valence-electron chi connectivity index (χ3n) is 4.99. The average molecular weight is 451 g/mol. The van der Waals surface area contributed by atoms with Crippen LogP contribution in [0.2, 0.25) is 5.02 Å². The summed E-state index contributed by atoms with van der Waals surface area (Å²) in [5.74, 6) is -0.247. The van der Waals surface area contributed by atoms with Crippen molar-refractivity contribution in [3.05, 3.63) is 59.2 Å². The Kier molecular flexibility index (Phi) is 5.86. The number of amides is 1. The fraction of sp³-hybridized carbons (Fsp3) is 0.286. The molecule has 1 fully saturated rings. The zero-order chi connectivity index (χ0) is 22.0.